The molecule has 0 aliphatic carbocycles. The Balaban J connectivity index is 2.37. The van der Waals surface area contributed by atoms with Crippen LogP contribution in [0.1, 0.15) is 23.0 Å². The maximum Gasteiger partial charge on any atom is 0.356 e. The number of fused-ring (bicyclic) bond motifs is 1. The summed E-state index contributed by atoms with van der Waals surface area (Å²) in [6.45, 7) is 9.32. The van der Waals surface area contributed by atoms with Gasteiger partial charge in [-0.05, 0) is 18.6 Å². The van der Waals surface area contributed by atoms with Gasteiger partial charge < -0.3 is 9.58 Å². The van der Waals surface area contributed by atoms with E-state index in [0.717, 1.165) is 5.56 Å². The van der Waals surface area contributed by atoms with E-state index in [9.17, 15) is 4.79 Å². The molecule has 5 nitrogen and oxygen atoms in total. The van der Waals surface area contributed by atoms with Crippen LogP contribution in [0.5, 0.6) is 0 Å². The van der Waals surface area contributed by atoms with Crippen molar-refractivity contribution in [2.45, 2.75) is 13.3 Å². The fraction of sp³-hybridized carbons (Fsp3) is 0.308. The highest BCUT2D eigenvalue weighted by Gasteiger charge is 2.13. The lowest BCUT2D eigenvalue weighted by molar-refractivity contribution is 0.0518. The fourth-order valence-electron chi connectivity index (χ4n) is 1.71. The second kappa shape index (κ2) is 5.32. The van der Waals surface area contributed by atoms with Crippen molar-refractivity contribution in [3.05, 3.63) is 47.2 Å². The molecule has 18 heavy (non-hydrogen) atoms. The molecule has 0 radical (unpaired) electrons. The van der Waals surface area contributed by atoms with Crippen molar-refractivity contribution in [3.63, 3.8) is 0 Å². The van der Waals surface area contributed by atoms with Gasteiger partial charge in [-0.15, -0.1) is 0 Å². The van der Waals surface area contributed by atoms with Crippen molar-refractivity contribution < 1.29 is 9.53 Å². The molecule has 2 aromatic rings. The molecule has 0 fully saturated rings. The Labute approximate surface area is 105 Å². The Morgan fingerprint density at radius 2 is 2.39 bits per heavy atom. The molecule has 0 amide bonds. The standard InChI is InChI=1S/C13H13N3O2/c1-3-18-13(17)11-8-15-12-5-4-10(6-7-14-2)9-16(11)12/h4-5,8-9H,3,6-7H2,1H3. The second-order valence-corrected chi connectivity index (χ2v) is 3.76. The topological polar surface area (TPSA) is 48.0 Å². The minimum absolute atomic E-state index is 0.337. The molecule has 0 N–H and O–H groups in total. The lowest BCUT2D eigenvalue weighted by Crippen LogP contribution is -2.08. The maximum atomic E-state index is 11.7. The SMILES string of the molecule is [C-]#[N+]CCc1ccc2ncc(C(=O)OCC)n2c1. The van der Waals surface area contributed by atoms with Crippen molar-refractivity contribution in [2.75, 3.05) is 13.2 Å². The van der Waals surface area contributed by atoms with E-state index in [-0.39, 0.29) is 5.97 Å². The number of carbonyl (C=O) groups excluding carboxylic acids is 1. The highest BCUT2D eigenvalue weighted by Crippen LogP contribution is 2.11. The quantitative estimate of drug-likeness (QED) is 0.609. The number of pyridine rings is 1. The van der Waals surface area contributed by atoms with Crippen molar-refractivity contribution in [3.8, 4) is 0 Å². The van der Waals surface area contributed by atoms with Crippen molar-refractivity contribution >= 4 is 11.6 Å². The zero-order chi connectivity index (χ0) is 13.0. The summed E-state index contributed by atoms with van der Waals surface area (Å²) < 4.78 is 6.67. The first-order valence-corrected chi connectivity index (χ1v) is 5.72. The molecule has 2 aromatic heterocycles. The van der Waals surface area contributed by atoms with Gasteiger partial charge >= 0.3 is 5.97 Å². The summed E-state index contributed by atoms with van der Waals surface area (Å²) >= 11 is 0. The molecule has 0 bridgehead atoms. The van der Waals surface area contributed by atoms with Crippen LogP contribution in [0.25, 0.3) is 10.5 Å². The summed E-state index contributed by atoms with van der Waals surface area (Å²) in [5, 5.41) is 0. The Hall–Kier alpha value is -2.35. The van der Waals surface area contributed by atoms with Gasteiger partial charge in [-0.25, -0.2) is 16.4 Å². The number of carbonyl (C=O) groups is 1. The Kier molecular flexibility index (Phi) is 3.58. The number of esters is 1. The molecule has 92 valence electrons. The van der Waals surface area contributed by atoms with Gasteiger partial charge in [0.15, 0.2) is 5.69 Å². The monoisotopic (exact) mass is 243 g/mol. The summed E-state index contributed by atoms with van der Waals surface area (Å²) in [5.41, 5.74) is 2.11. The van der Waals surface area contributed by atoms with E-state index in [1.165, 1.54) is 6.20 Å². The first kappa shape index (κ1) is 12.1. The van der Waals surface area contributed by atoms with Gasteiger partial charge in [0, 0.05) is 12.6 Å². The molecule has 0 spiro atoms. The van der Waals surface area contributed by atoms with Gasteiger partial charge in [-0.1, -0.05) is 6.07 Å². The van der Waals surface area contributed by atoms with E-state index in [4.69, 9.17) is 11.3 Å². The van der Waals surface area contributed by atoms with Crippen LogP contribution >= 0.6 is 0 Å². The van der Waals surface area contributed by atoms with Crippen LogP contribution < -0.4 is 0 Å². The molecule has 0 aromatic carbocycles. The molecule has 0 aliphatic rings. The molecular formula is C13H13N3O2. The predicted molar refractivity (Wildman–Crippen MR) is 66.3 cm³/mol. The Morgan fingerprint density at radius 3 is 3.11 bits per heavy atom. The maximum absolute atomic E-state index is 11.7. The summed E-state index contributed by atoms with van der Waals surface area (Å²) in [6, 6.07) is 3.75. The minimum atomic E-state index is -0.382. The zero-order valence-electron chi connectivity index (χ0n) is 10.1. The highest BCUT2D eigenvalue weighted by molar-refractivity contribution is 5.88. The Bertz CT molecular complexity index is 610. The molecular weight excluding hydrogens is 230 g/mol. The molecule has 0 atom stereocenters. The highest BCUT2D eigenvalue weighted by atomic mass is 16.5. The number of rotatable bonds is 4. The van der Waals surface area contributed by atoms with Crippen LogP contribution in [0.15, 0.2) is 24.5 Å². The summed E-state index contributed by atoms with van der Waals surface area (Å²) in [5.74, 6) is -0.382. The summed E-state index contributed by atoms with van der Waals surface area (Å²) in [4.78, 5) is 19.2. The van der Waals surface area contributed by atoms with E-state index in [1.807, 2.05) is 18.3 Å². The van der Waals surface area contributed by atoms with Crippen LogP contribution in [0, 0.1) is 6.57 Å². The first-order valence-electron chi connectivity index (χ1n) is 5.72. The smallest absolute Gasteiger partial charge is 0.356 e. The van der Waals surface area contributed by atoms with E-state index < -0.39 is 0 Å². The normalized spacial score (nSPS) is 10.2. The molecule has 5 heteroatoms. The minimum Gasteiger partial charge on any atom is -0.461 e. The number of imidazole rings is 1. The lowest BCUT2D eigenvalue weighted by atomic mass is 10.2. The van der Waals surface area contributed by atoms with Gasteiger partial charge in [0.25, 0.3) is 0 Å². The predicted octanol–water partition coefficient (Wildman–Crippen LogP) is 1.97. The number of nitrogens with zero attached hydrogens (tertiary/aromatic N) is 3. The fourth-order valence-corrected chi connectivity index (χ4v) is 1.71. The molecule has 2 rings (SSSR count). The largest absolute Gasteiger partial charge is 0.461 e. The molecule has 0 aliphatic heterocycles. The summed E-state index contributed by atoms with van der Waals surface area (Å²) in [6.07, 6.45) is 4.01. The third-order valence-electron chi connectivity index (χ3n) is 2.56. The van der Waals surface area contributed by atoms with Gasteiger partial charge in [-0.3, -0.25) is 4.40 Å². The molecule has 0 saturated heterocycles. The first-order chi connectivity index (χ1) is 8.76. The second-order valence-electron chi connectivity index (χ2n) is 3.76. The zero-order valence-corrected chi connectivity index (χ0v) is 10.1. The average molecular weight is 243 g/mol. The van der Waals surface area contributed by atoms with Crippen LogP contribution in [0.2, 0.25) is 0 Å². The Morgan fingerprint density at radius 1 is 1.56 bits per heavy atom. The molecule has 0 unspecified atom stereocenters. The van der Waals surface area contributed by atoms with Crippen LogP contribution in [-0.4, -0.2) is 28.5 Å². The van der Waals surface area contributed by atoms with E-state index in [0.29, 0.717) is 30.9 Å². The number of hydrogen-bond acceptors (Lipinski definition) is 3. The molecule has 2 heterocycles. The van der Waals surface area contributed by atoms with E-state index in [2.05, 4.69) is 9.83 Å². The van der Waals surface area contributed by atoms with Crippen LogP contribution in [0.4, 0.5) is 0 Å². The number of aromatic nitrogens is 2. The third kappa shape index (κ3) is 2.33. The average Bonchev–Trinajstić information content (AvgIpc) is 2.79. The van der Waals surface area contributed by atoms with Gasteiger partial charge in [-0.2, -0.15) is 0 Å². The number of ether oxygens (including phenoxy) is 1. The van der Waals surface area contributed by atoms with Gasteiger partial charge in [0.1, 0.15) is 5.65 Å². The summed E-state index contributed by atoms with van der Waals surface area (Å²) in [7, 11) is 0. The van der Waals surface area contributed by atoms with Gasteiger partial charge in [0.05, 0.1) is 12.8 Å². The van der Waals surface area contributed by atoms with Gasteiger partial charge in [0.2, 0.25) is 6.54 Å². The molecule has 0 saturated carbocycles. The number of hydrogen-bond donors (Lipinski definition) is 0. The van der Waals surface area contributed by atoms with Crippen molar-refractivity contribution in [1.29, 1.82) is 0 Å². The van der Waals surface area contributed by atoms with Crippen LogP contribution in [-0.2, 0) is 11.2 Å². The van der Waals surface area contributed by atoms with E-state index in [1.54, 1.807) is 11.3 Å². The third-order valence-corrected chi connectivity index (χ3v) is 2.56. The lowest BCUT2D eigenvalue weighted by Gasteiger charge is -2.03. The van der Waals surface area contributed by atoms with Crippen molar-refractivity contribution in [1.82, 2.24) is 9.38 Å². The van der Waals surface area contributed by atoms with E-state index >= 15 is 0 Å². The van der Waals surface area contributed by atoms with Crippen molar-refractivity contribution in [2.24, 2.45) is 0 Å². The van der Waals surface area contributed by atoms with Crippen LogP contribution in [0.3, 0.4) is 0 Å².